The summed E-state index contributed by atoms with van der Waals surface area (Å²) in [6.45, 7) is 5.76. The van der Waals surface area contributed by atoms with Crippen LogP contribution in [0.25, 0.3) is 22.2 Å². The Morgan fingerprint density at radius 2 is 1.44 bits per heavy atom. The maximum Gasteiger partial charge on any atom is 0.272 e. The standard InChI is InChI=1S/C33H28N4O2/c1-21-12-14-25(15-13-21)31-20-29(28-10-6-7-11-30(28)35-31)33(39)37-36-23(3)24-16-18-26(19-17-24)34-32(38)27-9-5-4-8-22(27)2/h4-20H,1-3H3,(H,34,38)(H,37,39)/b36-23-. The molecule has 2 N–H and O–H groups in total. The number of anilines is 1. The molecule has 0 aliphatic heterocycles. The SMILES string of the molecule is C/C(=N/NC(=O)c1cc(-c2ccc(C)cc2)nc2ccccc12)c1ccc(NC(=O)c2ccccc2C)cc1. The van der Waals surface area contributed by atoms with Crippen molar-refractivity contribution >= 4 is 34.1 Å². The quantitative estimate of drug-likeness (QED) is 0.191. The highest BCUT2D eigenvalue weighted by molar-refractivity contribution is 6.08. The number of hydrazone groups is 1. The van der Waals surface area contributed by atoms with E-state index in [1.54, 1.807) is 12.1 Å². The fraction of sp³-hybridized carbons (Fsp3) is 0.0909. The predicted molar refractivity (Wildman–Crippen MR) is 157 cm³/mol. The first-order valence-electron chi connectivity index (χ1n) is 12.7. The van der Waals surface area contributed by atoms with Crippen molar-refractivity contribution in [3.8, 4) is 11.3 Å². The van der Waals surface area contributed by atoms with Crippen molar-refractivity contribution in [1.82, 2.24) is 10.4 Å². The number of pyridine rings is 1. The summed E-state index contributed by atoms with van der Waals surface area (Å²) in [4.78, 5) is 30.6. The van der Waals surface area contributed by atoms with Crippen molar-refractivity contribution < 1.29 is 9.59 Å². The number of carbonyl (C=O) groups is 2. The molecule has 1 heterocycles. The number of para-hydroxylation sites is 1. The van der Waals surface area contributed by atoms with Crippen LogP contribution in [0.3, 0.4) is 0 Å². The Hall–Kier alpha value is -5.10. The maximum atomic E-state index is 13.3. The molecule has 5 aromatic rings. The van der Waals surface area contributed by atoms with Crippen LogP contribution in [-0.4, -0.2) is 22.5 Å². The van der Waals surface area contributed by atoms with Crippen LogP contribution >= 0.6 is 0 Å². The minimum atomic E-state index is -0.316. The molecule has 192 valence electrons. The second-order valence-corrected chi connectivity index (χ2v) is 9.42. The summed E-state index contributed by atoms with van der Waals surface area (Å²) in [6.07, 6.45) is 0. The van der Waals surface area contributed by atoms with E-state index in [1.165, 1.54) is 0 Å². The third-order valence-electron chi connectivity index (χ3n) is 6.58. The van der Waals surface area contributed by atoms with Gasteiger partial charge in [-0.2, -0.15) is 5.10 Å². The van der Waals surface area contributed by atoms with Gasteiger partial charge in [-0.25, -0.2) is 10.4 Å². The van der Waals surface area contributed by atoms with Gasteiger partial charge < -0.3 is 5.32 Å². The second-order valence-electron chi connectivity index (χ2n) is 9.42. The molecule has 0 saturated heterocycles. The summed E-state index contributed by atoms with van der Waals surface area (Å²) in [6, 6.07) is 32.3. The molecule has 0 saturated carbocycles. The fourth-order valence-corrected chi connectivity index (χ4v) is 4.32. The highest BCUT2D eigenvalue weighted by atomic mass is 16.2. The molecule has 2 amide bonds. The van der Waals surface area contributed by atoms with Gasteiger partial charge in [0.25, 0.3) is 11.8 Å². The second kappa shape index (κ2) is 11.1. The number of nitrogens with zero attached hydrogens (tertiary/aromatic N) is 2. The van der Waals surface area contributed by atoms with Crippen molar-refractivity contribution in [2.24, 2.45) is 5.10 Å². The van der Waals surface area contributed by atoms with E-state index < -0.39 is 0 Å². The number of aromatic nitrogens is 1. The number of benzene rings is 4. The summed E-state index contributed by atoms with van der Waals surface area (Å²) in [7, 11) is 0. The van der Waals surface area contributed by atoms with Gasteiger partial charge in [0, 0.05) is 22.2 Å². The Morgan fingerprint density at radius 1 is 0.744 bits per heavy atom. The van der Waals surface area contributed by atoms with Gasteiger partial charge in [0.1, 0.15) is 0 Å². The van der Waals surface area contributed by atoms with Crippen molar-refractivity contribution in [3.63, 3.8) is 0 Å². The zero-order chi connectivity index (χ0) is 27.4. The van der Waals surface area contributed by atoms with Crippen LogP contribution in [0.15, 0.2) is 108 Å². The number of rotatable bonds is 6. The monoisotopic (exact) mass is 512 g/mol. The molecule has 0 aliphatic carbocycles. The average molecular weight is 513 g/mol. The zero-order valence-corrected chi connectivity index (χ0v) is 22.0. The normalized spacial score (nSPS) is 11.3. The van der Waals surface area contributed by atoms with Gasteiger partial charge in [-0.3, -0.25) is 9.59 Å². The van der Waals surface area contributed by atoms with Crippen molar-refractivity contribution in [3.05, 3.63) is 131 Å². The lowest BCUT2D eigenvalue weighted by Crippen LogP contribution is -2.20. The number of amides is 2. The van der Waals surface area contributed by atoms with Gasteiger partial charge in [0.2, 0.25) is 0 Å². The molecule has 6 nitrogen and oxygen atoms in total. The minimum absolute atomic E-state index is 0.159. The molecule has 5 rings (SSSR count). The largest absolute Gasteiger partial charge is 0.322 e. The van der Waals surface area contributed by atoms with E-state index in [-0.39, 0.29) is 11.8 Å². The average Bonchev–Trinajstić information content (AvgIpc) is 2.96. The Labute approximate surface area is 227 Å². The summed E-state index contributed by atoms with van der Waals surface area (Å²) in [5, 5.41) is 8.03. The van der Waals surface area contributed by atoms with E-state index in [2.05, 4.69) is 15.8 Å². The molecular formula is C33H28N4O2. The third kappa shape index (κ3) is 5.75. The van der Waals surface area contributed by atoms with E-state index >= 15 is 0 Å². The van der Waals surface area contributed by atoms with Gasteiger partial charge in [0.05, 0.1) is 22.5 Å². The summed E-state index contributed by atoms with van der Waals surface area (Å²) in [5.74, 6) is -0.475. The smallest absolute Gasteiger partial charge is 0.272 e. The van der Waals surface area contributed by atoms with Crippen LogP contribution in [0, 0.1) is 13.8 Å². The zero-order valence-electron chi connectivity index (χ0n) is 22.0. The van der Waals surface area contributed by atoms with E-state index in [9.17, 15) is 9.59 Å². The van der Waals surface area contributed by atoms with E-state index in [4.69, 9.17) is 4.98 Å². The highest BCUT2D eigenvalue weighted by Crippen LogP contribution is 2.25. The fourth-order valence-electron chi connectivity index (χ4n) is 4.32. The third-order valence-corrected chi connectivity index (χ3v) is 6.58. The molecule has 0 fully saturated rings. The van der Waals surface area contributed by atoms with Crippen LogP contribution in [0.4, 0.5) is 5.69 Å². The number of carbonyl (C=O) groups excluding carboxylic acids is 2. The molecule has 0 radical (unpaired) electrons. The Bertz CT molecular complexity index is 1710. The molecule has 0 unspecified atom stereocenters. The first kappa shape index (κ1) is 25.5. The van der Waals surface area contributed by atoms with Crippen molar-refractivity contribution in [1.29, 1.82) is 0 Å². The molecule has 0 spiro atoms. The predicted octanol–water partition coefficient (Wildman–Crippen LogP) is 6.92. The van der Waals surface area contributed by atoms with Gasteiger partial charge in [-0.05, 0) is 62.2 Å². The summed E-state index contributed by atoms with van der Waals surface area (Å²) in [5.41, 5.74) is 10.5. The maximum absolute atomic E-state index is 13.3. The lowest BCUT2D eigenvalue weighted by atomic mass is 10.0. The van der Waals surface area contributed by atoms with E-state index in [0.29, 0.717) is 22.5 Å². The summed E-state index contributed by atoms with van der Waals surface area (Å²) < 4.78 is 0. The Morgan fingerprint density at radius 3 is 2.18 bits per heavy atom. The molecule has 6 heteroatoms. The highest BCUT2D eigenvalue weighted by Gasteiger charge is 2.14. The lowest BCUT2D eigenvalue weighted by molar-refractivity contribution is 0.0955. The van der Waals surface area contributed by atoms with Gasteiger partial charge in [0.15, 0.2) is 0 Å². The molecule has 1 aromatic heterocycles. The van der Waals surface area contributed by atoms with Crippen LogP contribution < -0.4 is 10.7 Å². The molecular weight excluding hydrogens is 484 g/mol. The van der Waals surface area contributed by atoms with Gasteiger partial charge in [-0.1, -0.05) is 78.4 Å². The van der Waals surface area contributed by atoms with Crippen LogP contribution in [-0.2, 0) is 0 Å². The van der Waals surface area contributed by atoms with Crippen LogP contribution in [0.2, 0.25) is 0 Å². The number of hydrogen-bond acceptors (Lipinski definition) is 4. The van der Waals surface area contributed by atoms with Crippen LogP contribution in [0.5, 0.6) is 0 Å². The molecule has 4 aromatic carbocycles. The first-order valence-corrected chi connectivity index (χ1v) is 12.7. The number of fused-ring (bicyclic) bond motifs is 1. The first-order chi connectivity index (χ1) is 18.9. The number of hydrogen-bond donors (Lipinski definition) is 2. The summed E-state index contributed by atoms with van der Waals surface area (Å²) >= 11 is 0. The van der Waals surface area contributed by atoms with Gasteiger partial charge in [-0.15, -0.1) is 0 Å². The molecule has 0 aliphatic rings. The van der Waals surface area contributed by atoms with Gasteiger partial charge >= 0.3 is 0 Å². The Kier molecular flexibility index (Phi) is 7.28. The van der Waals surface area contributed by atoms with E-state index in [1.807, 2.05) is 112 Å². The molecule has 39 heavy (non-hydrogen) atoms. The number of nitrogens with one attached hydrogen (secondary N) is 2. The van der Waals surface area contributed by atoms with Crippen LogP contribution in [0.1, 0.15) is 44.3 Å². The molecule has 0 atom stereocenters. The van der Waals surface area contributed by atoms with Crippen molar-refractivity contribution in [2.45, 2.75) is 20.8 Å². The molecule has 0 bridgehead atoms. The van der Waals surface area contributed by atoms with E-state index in [0.717, 1.165) is 38.9 Å². The van der Waals surface area contributed by atoms with Crippen molar-refractivity contribution in [2.75, 3.05) is 5.32 Å². The minimum Gasteiger partial charge on any atom is -0.322 e. The topological polar surface area (TPSA) is 83.4 Å². The number of aryl methyl sites for hydroxylation is 2. The lowest BCUT2D eigenvalue weighted by Gasteiger charge is -2.10. The Balaban J connectivity index is 1.33.